The number of nitrogens with zero attached hydrogens (tertiary/aromatic N) is 2. The maximum Gasteiger partial charge on any atom is 0.227 e. The first-order valence-electron chi connectivity index (χ1n) is 9.82. The van der Waals surface area contributed by atoms with Crippen molar-refractivity contribution >= 4 is 5.91 Å². The summed E-state index contributed by atoms with van der Waals surface area (Å²) in [6, 6.07) is 6.48. The van der Waals surface area contributed by atoms with Crippen molar-refractivity contribution in [3.63, 3.8) is 0 Å². The number of rotatable bonds is 5. The van der Waals surface area contributed by atoms with E-state index in [0.717, 1.165) is 42.8 Å². The van der Waals surface area contributed by atoms with E-state index in [-0.39, 0.29) is 5.91 Å². The van der Waals surface area contributed by atoms with E-state index in [1.54, 1.807) is 7.11 Å². The van der Waals surface area contributed by atoms with Crippen molar-refractivity contribution in [2.45, 2.75) is 57.9 Å². The first kappa shape index (κ1) is 18.2. The molecule has 1 aromatic rings. The third kappa shape index (κ3) is 4.75. The summed E-state index contributed by atoms with van der Waals surface area (Å²) in [5.74, 6) is 1.17. The Bertz CT molecular complexity index is 581. The van der Waals surface area contributed by atoms with Gasteiger partial charge in [0.15, 0.2) is 0 Å². The second kappa shape index (κ2) is 8.70. The second-order valence-corrected chi connectivity index (χ2v) is 7.58. The Kier molecular flexibility index (Phi) is 6.35. The fourth-order valence-corrected chi connectivity index (χ4v) is 4.29. The Balaban J connectivity index is 1.62. The molecular weight excluding hydrogens is 312 g/mol. The van der Waals surface area contributed by atoms with Crippen LogP contribution in [-0.2, 0) is 11.2 Å². The molecule has 0 N–H and O–H groups in total. The number of carbonyl (C=O) groups is 1. The van der Waals surface area contributed by atoms with E-state index in [2.05, 4.69) is 15.9 Å². The molecule has 25 heavy (non-hydrogen) atoms. The van der Waals surface area contributed by atoms with E-state index in [9.17, 15) is 4.79 Å². The van der Waals surface area contributed by atoms with Gasteiger partial charge in [0.1, 0.15) is 5.75 Å². The minimum absolute atomic E-state index is 0.284. The molecule has 1 amide bonds. The summed E-state index contributed by atoms with van der Waals surface area (Å²) in [5, 5.41) is 0. The second-order valence-electron chi connectivity index (χ2n) is 7.58. The molecule has 3 rings (SSSR count). The van der Waals surface area contributed by atoms with Crippen LogP contribution >= 0.6 is 0 Å². The predicted molar refractivity (Wildman–Crippen MR) is 101 cm³/mol. The molecule has 0 aliphatic carbocycles. The number of methoxy groups -OCH3 is 1. The highest BCUT2D eigenvalue weighted by molar-refractivity contribution is 5.79. The summed E-state index contributed by atoms with van der Waals surface area (Å²) in [6.45, 7) is 6.43. The molecule has 2 aliphatic rings. The fourth-order valence-electron chi connectivity index (χ4n) is 4.29. The number of ether oxygens (including phenoxy) is 1. The highest BCUT2D eigenvalue weighted by Crippen LogP contribution is 2.23. The van der Waals surface area contributed by atoms with Gasteiger partial charge in [-0.3, -0.25) is 4.79 Å². The largest absolute Gasteiger partial charge is 0.496 e. The minimum atomic E-state index is 0.284. The number of carbonyl (C=O) groups excluding carboxylic acids is 1. The van der Waals surface area contributed by atoms with Gasteiger partial charge in [0.25, 0.3) is 0 Å². The van der Waals surface area contributed by atoms with Crippen molar-refractivity contribution in [1.82, 2.24) is 9.80 Å². The van der Waals surface area contributed by atoms with Gasteiger partial charge in [0.05, 0.1) is 13.5 Å². The number of hydrogen-bond acceptors (Lipinski definition) is 3. The number of likely N-dealkylation sites (tertiary alicyclic amines) is 2. The van der Waals surface area contributed by atoms with Crippen LogP contribution in [0.25, 0.3) is 0 Å². The standard InChI is InChI=1S/C21H32N2O2/c1-17-14-18(9-10-20(17)25-2)15-21(24)23-13-7-4-8-19(23)16-22-11-5-3-6-12-22/h9-10,14,19H,3-8,11-13,15-16H2,1-2H3/t19-/m1/s1. The molecule has 138 valence electrons. The Morgan fingerprint density at radius 2 is 1.88 bits per heavy atom. The topological polar surface area (TPSA) is 32.8 Å². The molecule has 0 aromatic heterocycles. The lowest BCUT2D eigenvalue weighted by Crippen LogP contribution is -2.50. The van der Waals surface area contributed by atoms with Gasteiger partial charge in [-0.1, -0.05) is 18.6 Å². The van der Waals surface area contributed by atoms with Crippen LogP contribution in [0.4, 0.5) is 0 Å². The lowest BCUT2D eigenvalue weighted by molar-refractivity contribution is -0.134. The molecule has 2 saturated heterocycles. The summed E-state index contributed by atoms with van der Waals surface area (Å²) in [7, 11) is 1.69. The van der Waals surface area contributed by atoms with Crippen LogP contribution in [0.5, 0.6) is 5.75 Å². The highest BCUT2D eigenvalue weighted by Gasteiger charge is 2.28. The normalized spacial score (nSPS) is 22.0. The van der Waals surface area contributed by atoms with E-state index in [4.69, 9.17) is 4.74 Å². The van der Waals surface area contributed by atoms with Gasteiger partial charge in [-0.25, -0.2) is 0 Å². The average Bonchev–Trinajstić information content (AvgIpc) is 2.63. The Morgan fingerprint density at radius 1 is 1.12 bits per heavy atom. The monoisotopic (exact) mass is 344 g/mol. The van der Waals surface area contributed by atoms with Crippen molar-refractivity contribution < 1.29 is 9.53 Å². The maximum absolute atomic E-state index is 13.0. The minimum Gasteiger partial charge on any atom is -0.496 e. The van der Waals surface area contributed by atoms with Crippen molar-refractivity contribution in [2.75, 3.05) is 33.3 Å². The van der Waals surface area contributed by atoms with Gasteiger partial charge < -0.3 is 14.5 Å². The van der Waals surface area contributed by atoms with Gasteiger partial charge in [-0.05, 0) is 69.3 Å². The van der Waals surface area contributed by atoms with Gasteiger partial charge in [-0.15, -0.1) is 0 Å². The first-order chi connectivity index (χ1) is 12.2. The molecule has 2 aliphatic heterocycles. The Hall–Kier alpha value is -1.55. The number of benzene rings is 1. The summed E-state index contributed by atoms with van der Waals surface area (Å²) < 4.78 is 5.32. The Labute approximate surface area is 152 Å². The van der Waals surface area contributed by atoms with Crippen LogP contribution in [0.1, 0.15) is 49.7 Å². The van der Waals surface area contributed by atoms with E-state index in [0.29, 0.717) is 12.5 Å². The zero-order chi connectivity index (χ0) is 17.6. The molecule has 0 radical (unpaired) electrons. The molecular formula is C21H32N2O2. The zero-order valence-corrected chi connectivity index (χ0v) is 15.8. The summed E-state index contributed by atoms with van der Waals surface area (Å²) in [5.41, 5.74) is 2.18. The zero-order valence-electron chi connectivity index (χ0n) is 15.8. The SMILES string of the molecule is COc1ccc(CC(=O)N2CCCC[C@@H]2CN2CCCCC2)cc1C. The first-order valence-corrected chi connectivity index (χ1v) is 9.82. The molecule has 4 heteroatoms. The number of piperidine rings is 2. The van der Waals surface area contributed by atoms with Gasteiger partial charge >= 0.3 is 0 Å². The highest BCUT2D eigenvalue weighted by atomic mass is 16.5. The van der Waals surface area contributed by atoms with Crippen LogP contribution in [0.2, 0.25) is 0 Å². The lowest BCUT2D eigenvalue weighted by Gasteiger charge is -2.40. The van der Waals surface area contributed by atoms with E-state index in [1.807, 2.05) is 19.1 Å². The summed E-state index contributed by atoms with van der Waals surface area (Å²) >= 11 is 0. The molecule has 0 saturated carbocycles. The third-order valence-corrected chi connectivity index (χ3v) is 5.68. The summed E-state index contributed by atoms with van der Waals surface area (Å²) in [4.78, 5) is 17.7. The average molecular weight is 344 g/mol. The molecule has 0 unspecified atom stereocenters. The quantitative estimate of drug-likeness (QED) is 0.820. The van der Waals surface area contributed by atoms with Crippen molar-refractivity contribution in [3.05, 3.63) is 29.3 Å². The van der Waals surface area contributed by atoms with Crippen LogP contribution < -0.4 is 4.74 Å². The van der Waals surface area contributed by atoms with Crippen LogP contribution in [-0.4, -0.2) is 55.0 Å². The Morgan fingerprint density at radius 3 is 2.60 bits per heavy atom. The lowest BCUT2D eigenvalue weighted by atomic mass is 9.99. The van der Waals surface area contributed by atoms with E-state index < -0.39 is 0 Å². The van der Waals surface area contributed by atoms with Gasteiger partial charge in [0, 0.05) is 19.1 Å². The van der Waals surface area contributed by atoms with Crippen molar-refractivity contribution in [2.24, 2.45) is 0 Å². The maximum atomic E-state index is 13.0. The molecule has 0 bridgehead atoms. The molecule has 2 heterocycles. The van der Waals surface area contributed by atoms with E-state index >= 15 is 0 Å². The molecule has 4 nitrogen and oxygen atoms in total. The van der Waals surface area contributed by atoms with Gasteiger partial charge in [-0.2, -0.15) is 0 Å². The smallest absolute Gasteiger partial charge is 0.227 e. The molecule has 2 fully saturated rings. The molecule has 0 spiro atoms. The van der Waals surface area contributed by atoms with Crippen LogP contribution in [0.3, 0.4) is 0 Å². The number of amides is 1. The molecule has 1 aromatic carbocycles. The summed E-state index contributed by atoms with van der Waals surface area (Å²) in [6.07, 6.45) is 8.04. The van der Waals surface area contributed by atoms with Gasteiger partial charge in [0.2, 0.25) is 5.91 Å². The van der Waals surface area contributed by atoms with Crippen LogP contribution in [0, 0.1) is 6.92 Å². The van der Waals surface area contributed by atoms with Crippen LogP contribution in [0.15, 0.2) is 18.2 Å². The molecule has 1 atom stereocenters. The van der Waals surface area contributed by atoms with Crippen molar-refractivity contribution in [1.29, 1.82) is 0 Å². The fraction of sp³-hybridized carbons (Fsp3) is 0.667. The van der Waals surface area contributed by atoms with Crippen molar-refractivity contribution in [3.8, 4) is 5.75 Å². The third-order valence-electron chi connectivity index (χ3n) is 5.68. The predicted octanol–water partition coefficient (Wildman–Crippen LogP) is 3.41. The van der Waals surface area contributed by atoms with E-state index in [1.165, 1.54) is 38.8 Å². The number of aryl methyl sites for hydroxylation is 1. The number of hydrogen-bond donors (Lipinski definition) is 0.